The molecule has 2 saturated carbocycles. The van der Waals surface area contributed by atoms with E-state index in [2.05, 4.69) is 24.0 Å². The number of likely N-dealkylation sites (N-methyl/N-ethyl adjacent to an activating group) is 1. The maximum Gasteiger partial charge on any atom is 0.425 e. The van der Waals surface area contributed by atoms with E-state index in [-0.39, 0.29) is 35.4 Å². The van der Waals surface area contributed by atoms with Crippen LogP contribution in [0, 0.1) is 23.2 Å². The normalized spacial score (nSPS) is 32.7. The van der Waals surface area contributed by atoms with Gasteiger partial charge in [0.15, 0.2) is 5.92 Å². The predicted octanol–water partition coefficient (Wildman–Crippen LogP) is 1.10. The summed E-state index contributed by atoms with van der Waals surface area (Å²) in [5.41, 5.74) is 2.67. The number of ketones is 1. The van der Waals surface area contributed by atoms with E-state index < -0.39 is 0 Å². The number of carbonyl (C=O) groups excluding carboxylic acids is 2. The number of hydrogen-bond donors (Lipinski definition) is 0. The Balaban J connectivity index is 0.00000218. The lowest BCUT2D eigenvalue weighted by Crippen LogP contribution is -3.00. The van der Waals surface area contributed by atoms with Crippen LogP contribution in [0.5, 0.6) is 5.75 Å². The summed E-state index contributed by atoms with van der Waals surface area (Å²) in [4.78, 5) is 27.1. The fourth-order valence-electron chi connectivity index (χ4n) is 6.48. The standard InChI is InChI=1S/C25H30NO3.HI/c1-25-12-11-20-19-8-6-18(29-24(28)17-4-3-13-26(2)15-17)14-16(19)5-7-21(20)22(25)9-10-23(25)27;/h3-4,6,8,14,20-22H,5,7,9-13,15H2,1-2H3;1H/q+1;/p-1/t20-,21-,22+,25+;/m1./s1. The lowest BCUT2D eigenvalue weighted by atomic mass is 9.55. The van der Waals surface area contributed by atoms with Crippen molar-refractivity contribution in [3.05, 3.63) is 47.4 Å². The van der Waals surface area contributed by atoms with Crippen molar-refractivity contribution in [2.45, 2.75) is 51.4 Å². The Morgan fingerprint density at radius 1 is 1.23 bits per heavy atom. The Labute approximate surface area is 196 Å². The van der Waals surface area contributed by atoms with Crippen LogP contribution in [0.1, 0.15) is 56.1 Å². The van der Waals surface area contributed by atoms with E-state index in [4.69, 9.17) is 4.74 Å². The molecule has 3 aliphatic carbocycles. The van der Waals surface area contributed by atoms with Crippen molar-refractivity contribution in [2.24, 2.45) is 17.3 Å². The van der Waals surface area contributed by atoms with Gasteiger partial charge < -0.3 is 28.7 Å². The van der Waals surface area contributed by atoms with E-state index in [1.807, 2.05) is 25.3 Å². The average Bonchev–Trinajstić information content (AvgIpc) is 3.02. The third-order valence-electron chi connectivity index (χ3n) is 8.06. The zero-order valence-corrected chi connectivity index (χ0v) is 20.0. The van der Waals surface area contributed by atoms with Gasteiger partial charge in [-0.3, -0.25) is 9.69 Å². The van der Waals surface area contributed by atoms with Gasteiger partial charge in [-0.05, 0) is 80.2 Å². The zero-order chi connectivity index (χ0) is 20.2. The van der Waals surface area contributed by atoms with E-state index in [1.54, 1.807) is 0 Å². The third kappa shape index (κ3) is 3.62. The Bertz CT molecular complexity index is 881. The molecule has 0 amide bonds. The minimum atomic E-state index is -0.251. The largest absolute Gasteiger partial charge is 1.00 e. The SMILES string of the molecule is CN1CC=C[C+](C(=O)Oc2ccc3c(c2)CC[C@@H]2[C@@H]3CC[C@]3(C)C(=O)CC[C@@H]23)C1.[I-]. The molecule has 5 heteroatoms. The Kier molecular flexibility index (Phi) is 6.05. The molecule has 0 bridgehead atoms. The van der Waals surface area contributed by atoms with Crippen molar-refractivity contribution in [3.63, 3.8) is 0 Å². The Hall–Kier alpha value is -1.34. The maximum absolute atomic E-state index is 12.5. The Morgan fingerprint density at radius 3 is 2.87 bits per heavy atom. The van der Waals surface area contributed by atoms with Gasteiger partial charge in [-0.25, -0.2) is 4.79 Å². The van der Waals surface area contributed by atoms with Crippen LogP contribution >= 0.6 is 0 Å². The highest BCUT2D eigenvalue weighted by molar-refractivity contribution is 5.90. The molecular weight excluding hydrogens is 489 g/mol. The van der Waals surface area contributed by atoms with Gasteiger partial charge in [0.25, 0.3) is 0 Å². The predicted molar refractivity (Wildman–Crippen MR) is 112 cm³/mol. The smallest absolute Gasteiger partial charge is 0.425 e. The highest BCUT2D eigenvalue weighted by Crippen LogP contribution is 2.59. The minimum absolute atomic E-state index is 0. The van der Waals surface area contributed by atoms with E-state index in [9.17, 15) is 9.59 Å². The monoisotopic (exact) mass is 519 g/mol. The van der Waals surface area contributed by atoms with Gasteiger partial charge in [0.05, 0.1) is 12.6 Å². The summed E-state index contributed by atoms with van der Waals surface area (Å²) >= 11 is 0. The quantitative estimate of drug-likeness (QED) is 0.254. The maximum atomic E-state index is 12.5. The van der Waals surface area contributed by atoms with Crippen LogP contribution < -0.4 is 28.7 Å². The van der Waals surface area contributed by atoms with Crippen molar-refractivity contribution in [1.29, 1.82) is 0 Å². The molecule has 1 heterocycles. The number of halogens is 1. The van der Waals surface area contributed by atoms with Crippen LogP contribution in [0.15, 0.2) is 30.4 Å². The van der Waals surface area contributed by atoms with Crippen LogP contribution in [0.25, 0.3) is 0 Å². The lowest BCUT2D eigenvalue weighted by molar-refractivity contribution is -0.132. The lowest BCUT2D eigenvalue weighted by Gasteiger charge is -2.48. The molecule has 0 unspecified atom stereocenters. The molecule has 0 aromatic heterocycles. The minimum Gasteiger partial charge on any atom is -1.00 e. The van der Waals surface area contributed by atoms with Crippen LogP contribution in [-0.2, 0) is 16.0 Å². The molecular formula is C25H30INO3. The van der Waals surface area contributed by atoms with Crippen LogP contribution in [0.3, 0.4) is 0 Å². The van der Waals surface area contributed by atoms with E-state index in [0.717, 1.165) is 45.1 Å². The van der Waals surface area contributed by atoms with Crippen LogP contribution in [0.2, 0.25) is 0 Å². The number of nitrogens with zero attached hydrogens (tertiary/aromatic N) is 1. The second-order valence-electron chi connectivity index (χ2n) is 9.71. The number of benzene rings is 1. The molecule has 1 aliphatic heterocycles. The molecule has 0 radical (unpaired) electrons. The average molecular weight is 519 g/mol. The van der Waals surface area contributed by atoms with E-state index in [1.165, 1.54) is 11.1 Å². The summed E-state index contributed by atoms with van der Waals surface area (Å²) in [5.74, 6) is 3.32. The second-order valence-corrected chi connectivity index (χ2v) is 9.71. The van der Waals surface area contributed by atoms with Crippen LogP contribution in [-0.4, -0.2) is 36.8 Å². The molecule has 30 heavy (non-hydrogen) atoms. The number of fused-ring (bicyclic) bond motifs is 5. The first-order valence-electron chi connectivity index (χ1n) is 11.0. The molecule has 4 atom stereocenters. The van der Waals surface area contributed by atoms with Crippen LogP contribution in [0.4, 0.5) is 0 Å². The summed E-state index contributed by atoms with van der Waals surface area (Å²) < 4.78 is 5.71. The van der Waals surface area contributed by atoms with E-state index >= 15 is 0 Å². The Morgan fingerprint density at radius 2 is 2.07 bits per heavy atom. The molecule has 160 valence electrons. The van der Waals surface area contributed by atoms with Gasteiger partial charge in [-0.2, -0.15) is 0 Å². The topological polar surface area (TPSA) is 46.6 Å². The van der Waals surface area contributed by atoms with E-state index in [0.29, 0.717) is 41.7 Å². The fourth-order valence-corrected chi connectivity index (χ4v) is 6.48. The summed E-state index contributed by atoms with van der Waals surface area (Å²) in [7, 11) is 2.00. The first-order chi connectivity index (χ1) is 14.0. The summed E-state index contributed by atoms with van der Waals surface area (Å²) in [5, 5.41) is 0. The zero-order valence-electron chi connectivity index (χ0n) is 17.8. The number of esters is 1. The number of ether oxygens (including phenoxy) is 1. The number of Topliss-reactive ketones (excluding diaryl/α,β-unsaturated/α-hetero) is 1. The van der Waals surface area contributed by atoms with Gasteiger partial charge in [-0.15, -0.1) is 0 Å². The molecule has 4 aliphatic rings. The molecule has 0 N–H and O–H groups in total. The van der Waals surface area contributed by atoms with Gasteiger partial charge in [-0.1, -0.05) is 13.0 Å². The highest BCUT2D eigenvalue weighted by Gasteiger charge is 2.54. The number of carbonyl (C=O) groups is 2. The van der Waals surface area contributed by atoms with Gasteiger partial charge in [0.1, 0.15) is 24.2 Å². The number of hydrogen-bond acceptors (Lipinski definition) is 4. The molecule has 5 rings (SSSR count). The molecule has 4 nitrogen and oxygen atoms in total. The van der Waals surface area contributed by atoms with Crippen molar-refractivity contribution < 1.29 is 38.3 Å². The summed E-state index contributed by atoms with van der Waals surface area (Å²) in [6.07, 6.45) is 10.0. The third-order valence-corrected chi connectivity index (χ3v) is 8.06. The van der Waals surface area contributed by atoms with Gasteiger partial charge in [0, 0.05) is 11.8 Å². The van der Waals surface area contributed by atoms with Crippen molar-refractivity contribution >= 4 is 11.8 Å². The van der Waals surface area contributed by atoms with Gasteiger partial charge in [0.2, 0.25) is 0 Å². The second kappa shape index (κ2) is 8.30. The van der Waals surface area contributed by atoms with Gasteiger partial charge >= 0.3 is 5.97 Å². The number of rotatable bonds is 2. The molecule has 0 spiro atoms. The highest BCUT2D eigenvalue weighted by atomic mass is 127. The summed E-state index contributed by atoms with van der Waals surface area (Å²) in [6.45, 7) is 3.71. The first kappa shape index (κ1) is 21.9. The summed E-state index contributed by atoms with van der Waals surface area (Å²) in [6, 6.07) is 6.22. The van der Waals surface area contributed by atoms with Crippen molar-refractivity contribution in [1.82, 2.24) is 4.90 Å². The van der Waals surface area contributed by atoms with Crippen molar-refractivity contribution in [2.75, 3.05) is 20.1 Å². The number of aryl methyl sites for hydroxylation is 1. The molecule has 1 aromatic carbocycles. The molecule has 0 saturated heterocycles. The van der Waals surface area contributed by atoms with Crippen molar-refractivity contribution in [3.8, 4) is 5.75 Å². The first-order valence-corrected chi connectivity index (χ1v) is 11.0. The molecule has 2 fully saturated rings. The molecule has 1 aromatic rings. The fraction of sp³-hybridized carbons (Fsp3) is 0.560.